The molecule has 5 heteroatoms. The van der Waals surface area contributed by atoms with Crippen molar-refractivity contribution in [3.05, 3.63) is 94.8 Å². The fraction of sp³-hybridized carbons (Fsp3) is 0.0500. The minimum atomic E-state index is -0.541. The molecule has 0 saturated carbocycles. The van der Waals surface area contributed by atoms with E-state index in [1.807, 2.05) is 36.4 Å². The van der Waals surface area contributed by atoms with Gasteiger partial charge in [0, 0.05) is 22.9 Å². The summed E-state index contributed by atoms with van der Waals surface area (Å²) in [5, 5.41) is 6.68. The smallest absolute Gasteiger partial charge is 0.258 e. The van der Waals surface area contributed by atoms with Crippen molar-refractivity contribution in [2.45, 2.75) is 6.54 Å². The Balaban J connectivity index is 1.59. The summed E-state index contributed by atoms with van der Waals surface area (Å²) in [4.78, 5) is 12.1. The highest BCUT2D eigenvalue weighted by atomic mass is 35.5. The van der Waals surface area contributed by atoms with Gasteiger partial charge in [-0.15, -0.1) is 0 Å². The van der Waals surface area contributed by atoms with Gasteiger partial charge in [0.25, 0.3) is 5.91 Å². The van der Waals surface area contributed by atoms with Crippen LogP contribution >= 0.6 is 11.6 Å². The number of amides is 1. The van der Waals surface area contributed by atoms with Gasteiger partial charge in [0.2, 0.25) is 0 Å². The zero-order valence-electron chi connectivity index (χ0n) is 13.3. The molecule has 0 saturated heterocycles. The largest absolute Gasteiger partial charge is 0.381 e. The SMILES string of the molecule is O=C(Nc1ccc(NCc2ccc(Cl)cc2)cc1)c1ccccc1F. The zero-order chi connectivity index (χ0) is 17.6. The highest BCUT2D eigenvalue weighted by molar-refractivity contribution is 6.30. The Hall–Kier alpha value is -2.85. The summed E-state index contributed by atoms with van der Waals surface area (Å²) in [7, 11) is 0. The van der Waals surface area contributed by atoms with Crippen molar-refractivity contribution in [2.75, 3.05) is 10.6 Å². The number of benzene rings is 3. The van der Waals surface area contributed by atoms with Gasteiger partial charge in [-0.1, -0.05) is 35.9 Å². The van der Waals surface area contributed by atoms with Gasteiger partial charge in [-0.2, -0.15) is 0 Å². The fourth-order valence-corrected chi connectivity index (χ4v) is 2.45. The second-order valence-corrected chi connectivity index (χ2v) is 5.93. The highest BCUT2D eigenvalue weighted by Crippen LogP contribution is 2.17. The second-order valence-electron chi connectivity index (χ2n) is 5.49. The minimum absolute atomic E-state index is 0.0208. The number of hydrogen-bond donors (Lipinski definition) is 2. The molecule has 3 rings (SSSR count). The summed E-state index contributed by atoms with van der Waals surface area (Å²) in [5.41, 5.74) is 2.65. The van der Waals surface area contributed by atoms with Gasteiger partial charge in [0.15, 0.2) is 0 Å². The van der Waals surface area contributed by atoms with Crippen LogP contribution in [0, 0.1) is 5.82 Å². The lowest BCUT2D eigenvalue weighted by molar-refractivity contribution is 0.102. The van der Waals surface area contributed by atoms with Gasteiger partial charge in [-0.25, -0.2) is 4.39 Å². The van der Waals surface area contributed by atoms with Crippen molar-refractivity contribution in [3.8, 4) is 0 Å². The van der Waals surface area contributed by atoms with Gasteiger partial charge >= 0.3 is 0 Å². The number of anilines is 2. The molecule has 0 fully saturated rings. The summed E-state index contributed by atoms with van der Waals surface area (Å²) in [6.45, 7) is 0.665. The number of carbonyl (C=O) groups excluding carboxylic acids is 1. The maximum atomic E-state index is 13.6. The average Bonchev–Trinajstić information content (AvgIpc) is 2.63. The highest BCUT2D eigenvalue weighted by Gasteiger charge is 2.10. The molecule has 25 heavy (non-hydrogen) atoms. The zero-order valence-corrected chi connectivity index (χ0v) is 14.1. The fourth-order valence-electron chi connectivity index (χ4n) is 2.32. The molecule has 0 aliphatic rings. The molecule has 3 aromatic rings. The lowest BCUT2D eigenvalue weighted by atomic mass is 10.2. The van der Waals surface area contributed by atoms with Crippen molar-refractivity contribution >= 4 is 28.9 Å². The summed E-state index contributed by atoms with van der Waals surface area (Å²) in [6.07, 6.45) is 0. The van der Waals surface area contributed by atoms with E-state index < -0.39 is 11.7 Å². The van der Waals surface area contributed by atoms with E-state index in [4.69, 9.17) is 11.6 Å². The quantitative estimate of drug-likeness (QED) is 0.649. The van der Waals surface area contributed by atoms with Gasteiger partial charge in [0.1, 0.15) is 5.82 Å². The molecular formula is C20H16ClFN2O. The Morgan fingerprint density at radius 3 is 2.20 bits per heavy atom. The van der Waals surface area contributed by atoms with E-state index in [1.54, 1.807) is 24.3 Å². The van der Waals surface area contributed by atoms with E-state index in [9.17, 15) is 9.18 Å². The summed E-state index contributed by atoms with van der Waals surface area (Å²) < 4.78 is 13.6. The lowest BCUT2D eigenvalue weighted by Gasteiger charge is -2.09. The molecule has 0 aromatic heterocycles. The molecule has 0 spiro atoms. The first-order valence-electron chi connectivity index (χ1n) is 7.76. The molecular weight excluding hydrogens is 339 g/mol. The molecule has 126 valence electrons. The van der Waals surface area contributed by atoms with Crippen LogP contribution in [0.4, 0.5) is 15.8 Å². The Morgan fingerprint density at radius 2 is 1.52 bits per heavy atom. The average molecular weight is 355 g/mol. The molecule has 0 radical (unpaired) electrons. The van der Waals surface area contributed by atoms with Crippen molar-refractivity contribution in [1.82, 2.24) is 0 Å². The predicted molar refractivity (Wildman–Crippen MR) is 99.6 cm³/mol. The van der Waals surface area contributed by atoms with Crippen LogP contribution in [-0.2, 0) is 6.54 Å². The van der Waals surface area contributed by atoms with Gasteiger partial charge in [-0.05, 0) is 54.1 Å². The van der Waals surface area contributed by atoms with Crippen molar-refractivity contribution in [1.29, 1.82) is 0 Å². The van der Waals surface area contributed by atoms with Crippen molar-refractivity contribution < 1.29 is 9.18 Å². The number of rotatable bonds is 5. The molecule has 3 aromatic carbocycles. The molecule has 2 N–H and O–H groups in total. The van der Waals surface area contributed by atoms with E-state index in [0.717, 1.165) is 11.3 Å². The van der Waals surface area contributed by atoms with E-state index in [2.05, 4.69) is 10.6 Å². The van der Waals surface area contributed by atoms with E-state index in [0.29, 0.717) is 17.3 Å². The molecule has 0 bridgehead atoms. The third kappa shape index (κ3) is 4.58. The summed E-state index contributed by atoms with van der Waals surface area (Å²) >= 11 is 5.86. The molecule has 0 heterocycles. The van der Waals surface area contributed by atoms with E-state index in [-0.39, 0.29) is 5.56 Å². The predicted octanol–water partition coefficient (Wildman–Crippen LogP) is 5.34. The number of nitrogens with one attached hydrogen (secondary N) is 2. The molecule has 1 amide bonds. The molecule has 0 aliphatic carbocycles. The Bertz CT molecular complexity index is 864. The summed E-state index contributed by atoms with van der Waals surface area (Å²) in [6, 6.07) is 20.7. The third-order valence-corrected chi connectivity index (χ3v) is 3.92. The van der Waals surface area contributed by atoms with E-state index in [1.165, 1.54) is 12.1 Å². The lowest BCUT2D eigenvalue weighted by Crippen LogP contribution is -2.13. The normalized spacial score (nSPS) is 10.3. The van der Waals surface area contributed by atoms with Crippen LogP contribution in [-0.4, -0.2) is 5.91 Å². The Kier molecular flexibility index (Phi) is 5.31. The first-order chi connectivity index (χ1) is 12.1. The third-order valence-electron chi connectivity index (χ3n) is 3.67. The minimum Gasteiger partial charge on any atom is -0.381 e. The Labute approximate surface area is 150 Å². The standard InChI is InChI=1S/C20H16ClFN2O/c21-15-7-5-14(6-8-15)13-23-16-9-11-17(12-10-16)24-20(25)18-3-1-2-4-19(18)22/h1-12,23H,13H2,(H,24,25). The first kappa shape index (κ1) is 17.0. The van der Waals surface area contributed by atoms with Gasteiger partial charge in [-0.3, -0.25) is 4.79 Å². The monoisotopic (exact) mass is 354 g/mol. The number of carbonyl (C=O) groups is 1. The van der Waals surface area contributed by atoms with Gasteiger partial charge < -0.3 is 10.6 Å². The summed E-state index contributed by atoms with van der Waals surface area (Å²) in [5.74, 6) is -1.01. The van der Waals surface area contributed by atoms with Crippen LogP contribution in [0.15, 0.2) is 72.8 Å². The number of halogens is 2. The first-order valence-corrected chi connectivity index (χ1v) is 8.14. The Morgan fingerprint density at radius 1 is 0.880 bits per heavy atom. The molecule has 3 nitrogen and oxygen atoms in total. The maximum Gasteiger partial charge on any atom is 0.258 e. The van der Waals surface area contributed by atoms with Crippen molar-refractivity contribution in [3.63, 3.8) is 0 Å². The van der Waals surface area contributed by atoms with E-state index >= 15 is 0 Å². The number of hydrogen-bond acceptors (Lipinski definition) is 2. The molecule has 0 aliphatic heterocycles. The van der Waals surface area contributed by atoms with Crippen LogP contribution in [0.2, 0.25) is 5.02 Å². The maximum absolute atomic E-state index is 13.6. The second kappa shape index (κ2) is 7.81. The molecule has 0 atom stereocenters. The van der Waals surface area contributed by atoms with Crippen LogP contribution < -0.4 is 10.6 Å². The van der Waals surface area contributed by atoms with Crippen LogP contribution in [0.3, 0.4) is 0 Å². The van der Waals surface area contributed by atoms with Crippen molar-refractivity contribution in [2.24, 2.45) is 0 Å². The van der Waals surface area contributed by atoms with Crippen LogP contribution in [0.5, 0.6) is 0 Å². The van der Waals surface area contributed by atoms with Crippen LogP contribution in [0.1, 0.15) is 15.9 Å². The topological polar surface area (TPSA) is 41.1 Å². The molecule has 0 unspecified atom stereocenters. The van der Waals surface area contributed by atoms with Gasteiger partial charge in [0.05, 0.1) is 5.56 Å². The van der Waals surface area contributed by atoms with Crippen LogP contribution in [0.25, 0.3) is 0 Å².